The zero-order chi connectivity index (χ0) is 13.9. The minimum Gasteiger partial charge on any atom is -0.382 e. The highest BCUT2D eigenvalue weighted by Gasteiger charge is 2.02. The van der Waals surface area contributed by atoms with E-state index in [4.69, 9.17) is 14.2 Å². The summed E-state index contributed by atoms with van der Waals surface area (Å²) in [6, 6.07) is 7.19. The van der Waals surface area contributed by atoms with E-state index in [1.165, 1.54) is 0 Å². The summed E-state index contributed by atoms with van der Waals surface area (Å²) in [5.74, 6) is -0.191. The van der Waals surface area contributed by atoms with Crippen molar-refractivity contribution in [1.82, 2.24) is 0 Å². The van der Waals surface area contributed by atoms with E-state index in [1.807, 2.05) is 12.1 Å². The van der Waals surface area contributed by atoms with Crippen LogP contribution < -0.4 is 5.32 Å². The average Bonchev–Trinajstić information content (AvgIpc) is 2.40. The van der Waals surface area contributed by atoms with Gasteiger partial charge in [0.2, 0.25) is 5.91 Å². The molecule has 1 aromatic carbocycles. The van der Waals surface area contributed by atoms with Gasteiger partial charge in [0.15, 0.2) is 0 Å². The number of carbonyl (C=O) groups excluding carboxylic acids is 1. The predicted octanol–water partition coefficient (Wildman–Crippen LogP) is 1.59. The first kappa shape index (κ1) is 16.0. The Morgan fingerprint density at radius 3 is 2.42 bits per heavy atom. The molecule has 0 aromatic heterocycles. The number of carbonyl (C=O) groups is 1. The highest BCUT2D eigenvalue weighted by Crippen LogP contribution is 2.11. The number of thiol groups is 1. The second-order valence-electron chi connectivity index (χ2n) is 3.75. The number of nitrogens with one attached hydrogen (secondary N) is 1. The van der Waals surface area contributed by atoms with Crippen LogP contribution in [0.15, 0.2) is 29.2 Å². The van der Waals surface area contributed by atoms with E-state index in [1.54, 1.807) is 19.2 Å². The van der Waals surface area contributed by atoms with Crippen LogP contribution in [0.1, 0.15) is 0 Å². The quantitative estimate of drug-likeness (QED) is 0.534. The number of hydrogen-bond donors (Lipinski definition) is 2. The zero-order valence-corrected chi connectivity index (χ0v) is 11.8. The Morgan fingerprint density at radius 1 is 1.11 bits per heavy atom. The molecule has 0 saturated carbocycles. The largest absolute Gasteiger partial charge is 0.382 e. The molecule has 0 aliphatic carbocycles. The van der Waals surface area contributed by atoms with Crippen molar-refractivity contribution in [2.24, 2.45) is 0 Å². The fourth-order valence-corrected chi connectivity index (χ4v) is 1.42. The summed E-state index contributed by atoms with van der Waals surface area (Å²) in [5, 5.41) is 2.72. The lowest BCUT2D eigenvalue weighted by Gasteiger charge is -2.07. The monoisotopic (exact) mass is 285 g/mol. The Balaban J connectivity index is 2.06. The molecule has 1 N–H and O–H groups in total. The van der Waals surface area contributed by atoms with E-state index in [2.05, 4.69) is 17.9 Å². The Morgan fingerprint density at radius 2 is 1.74 bits per heavy atom. The predicted molar refractivity (Wildman–Crippen MR) is 75.8 cm³/mol. The van der Waals surface area contributed by atoms with Gasteiger partial charge < -0.3 is 19.5 Å². The van der Waals surface area contributed by atoms with Crippen LogP contribution in [0.4, 0.5) is 5.69 Å². The average molecular weight is 285 g/mol. The first-order valence-electron chi connectivity index (χ1n) is 5.95. The van der Waals surface area contributed by atoms with E-state index >= 15 is 0 Å². The van der Waals surface area contributed by atoms with Crippen LogP contribution in [0.5, 0.6) is 0 Å². The maximum Gasteiger partial charge on any atom is 0.250 e. The Labute approximate surface area is 118 Å². The topological polar surface area (TPSA) is 56.8 Å². The number of ether oxygens (including phenoxy) is 3. The molecule has 0 heterocycles. The normalized spacial score (nSPS) is 10.4. The lowest BCUT2D eigenvalue weighted by molar-refractivity contribution is -0.121. The molecule has 0 aliphatic rings. The number of benzene rings is 1. The van der Waals surface area contributed by atoms with Crippen LogP contribution in [-0.4, -0.2) is 46.1 Å². The number of amides is 1. The smallest absolute Gasteiger partial charge is 0.250 e. The number of methoxy groups -OCH3 is 1. The van der Waals surface area contributed by atoms with E-state index < -0.39 is 0 Å². The molecule has 0 bridgehead atoms. The molecule has 0 aliphatic heterocycles. The van der Waals surface area contributed by atoms with Gasteiger partial charge in [-0.05, 0) is 24.3 Å². The molecule has 5 nitrogen and oxygen atoms in total. The van der Waals surface area contributed by atoms with Crippen molar-refractivity contribution in [1.29, 1.82) is 0 Å². The summed E-state index contributed by atoms with van der Waals surface area (Å²) in [4.78, 5) is 12.4. The van der Waals surface area contributed by atoms with E-state index in [9.17, 15) is 4.79 Å². The fraction of sp³-hybridized carbons (Fsp3) is 0.462. The van der Waals surface area contributed by atoms with Crippen LogP contribution in [0, 0.1) is 0 Å². The molecule has 6 heteroatoms. The minimum atomic E-state index is -0.191. The molecule has 0 radical (unpaired) electrons. The van der Waals surface area contributed by atoms with Crippen molar-refractivity contribution in [2.75, 3.05) is 45.5 Å². The Hall–Kier alpha value is -1.08. The summed E-state index contributed by atoms with van der Waals surface area (Å²) < 4.78 is 15.2. The first-order valence-corrected chi connectivity index (χ1v) is 6.40. The van der Waals surface area contributed by atoms with E-state index in [0.717, 1.165) is 10.6 Å². The molecule has 0 fully saturated rings. The van der Waals surface area contributed by atoms with Crippen molar-refractivity contribution in [2.45, 2.75) is 4.90 Å². The SMILES string of the molecule is COCCOCCOCC(=O)Nc1ccc(S)cc1. The Bertz CT molecular complexity index is 369. The van der Waals surface area contributed by atoms with Gasteiger partial charge in [-0.3, -0.25) is 4.79 Å². The van der Waals surface area contributed by atoms with Gasteiger partial charge in [0, 0.05) is 17.7 Å². The van der Waals surface area contributed by atoms with Gasteiger partial charge in [-0.25, -0.2) is 0 Å². The van der Waals surface area contributed by atoms with E-state index in [-0.39, 0.29) is 12.5 Å². The Kier molecular flexibility index (Phi) is 8.24. The second-order valence-corrected chi connectivity index (χ2v) is 4.27. The molecule has 0 saturated heterocycles. The highest BCUT2D eigenvalue weighted by atomic mass is 32.1. The fourth-order valence-electron chi connectivity index (χ4n) is 1.27. The molecule has 1 rings (SSSR count). The lowest BCUT2D eigenvalue weighted by atomic mass is 10.3. The maximum absolute atomic E-state index is 11.5. The van der Waals surface area contributed by atoms with Gasteiger partial charge in [0.05, 0.1) is 26.4 Å². The molecule has 0 unspecified atom stereocenters. The second kappa shape index (κ2) is 9.80. The van der Waals surface area contributed by atoms with Gasteiger partial charge in [-0.2, -0.15) is 0 Å². The van der Waals surface area contributed by atoms with Crippen molar-refractivity contribution in [3.8, 4) is 0 Å². The summed E-state index contributed by atoms with van der Waals surface area (Å²) in [7, 11) is 1.62. The van der Waals surface area contributed by atoms with Gasteiger partial charge >= 0.3 is 0 Å². The van der Waals surface area contributed by atoms with Crippen molar-refractivity contribution >= 4 is 24.2 Å². The van der Waals surface area contributed by atoms with Crippen LogP contribution in [0.25, 0.3) is 0 Å². The summed E-state index contributed by atoms with van der Waals surface area (Å²) in [6.07, 6.45) is 0. The standard InChI is InChI=1S/C13H19NO4S/c1-16-6-7-17-8-9-18-10-13(15)14-11-2-4-12(19)5-3-11/h2-5,19H,6-10H2,1H3,(H,14,15). The molecule has 1 amide bonds. The molecule has 19 heavy (non-hydrogen) atoms. The number of hydrogen-bond acceptors (Lipinski definition) is 5. The first-order chi connectivity index (χ1) is 9.22. The maximum atomic E-state index is 11.5. The number of rotatable bonds is 9. The summed E-state index contributed by atoms with van der Waals surface area (Å²) in [6.45, 7) is 1.93. The van der Waals surface area contributed by atoms with Crippen molar-refractivity contribution in [3.63, 3.8) is 0 Å². The van der Waals surface area contributed by atoms with Crippen LogP contribution >= 0.6 is 12.6 Å². The summed E-state index contributed by atoms with van der Waals surface area (Å²) in [5.41, 5.74) is 0.725. The lowest BCUT2D eigenvalue weighted by Crippen LogP contribution is -2.20. The molecular formula is C13H19NO4S. The molecular weight excluding hydrogens is 266 g/mol. The summed E-state index contributed by atoms with van der Waals surface area (Å²) >= 11 is 4.17. The third-order valence-corrected chi connectivity index (χ3v) is 2.49. The third kappa shape index (κ3) is 7.84. The van der Waals surface area contributed by atoms with Crippen LogP contribution in [0.3, 0.4) is 0 Å². The molecule has 0 spiro atoms. The van der Waals surface area contributed by atoms with Crippen molar-refractivity contribution in [3.05, 3.63) is 24.3 Å². The highest BCUT2D eigenvalue weighted by molar-refractivity contribution is 7.80. The third-order valence-electron chi connectivity index (χ3n) is 2.19. The molecule has 1 aromatic rings. The van der Waals surface area contributed by atoms with Crippen molar-refractivity contribution < 1.29 is 19.0 Å². The molecule has 0 atom stereocenters. The van der Waals surface area contributed by atoms with Crippen LogP contribution in [-0.2, 0) is 19.0 Å². The van der Waals surface area contributed by atoms with Crippen LogP contribution in [0.2, 0.25) is 0 Å². The van der Waals surface area contributed by atoms with Gasteiger partial charge in [-0.15, -0.1) is 12.6 Å². The van der Waals surface area contributed by atoms with E-state index in [0.29, 0.717) is 26.4 Å². The van der Waals surface area contributed by atoms with Gasteiger partial charge in [0.1, 0.15) is 6.61 Å². The molecule has 106 valence electrons. The zero-order valence-electron chi connectivity index (χ0n) is 10.9. The number of anilines is 1. The minimum absolute atomic E-state index is 0.0102. The van der Waals surface area contributed by atoms with Gasteiger partial charge in [-0.1, -0.05) is 0 Å². The van der Waals surface area contributed by atoms with Gasteiger partial charge in [0.25, 0.3) is 0 Å².